The Hall–Kier alpha value is -3.29. The number of aryl methyl sites for hydroxylation is 1. The molecule has 0 unspecified atom stereocenters. The van der Waals surface area contributed by atoms with Crippen LogP contribution in [0.1, 0.15) is 35.1 Å². The molecule has 1 aliphatic rings. The van der Waals surface area contributed by atoms with Crippen LogP contribution in [-0.2, 0) is 7.05 Å². The molecule has 0 radical (unpaired) electrons. The highest BCUT2D eigenvalue weighted by molar-refractivity contribution is 5.90. The van der Waals surface area contributed by atoms with Gasteiger partial charge < -0.3 is 14.2 Å². The van der Waals surface area contributed by atoms with E-state index >= 15 is 0 Å². The van der Waals surface area contributed by atoms with Crippen molar-refractivity contribution in [3.8, 4) is 11.6 Å². The highest BCUT2D eigenvalue weighted by Gasteiger charge is 2.27. The van der Waals surface area contributed by atoms with Crippen LogP contribution in [0.2, 0.25) is 0 Å². The van der Waals surface area contributed by atoms with Gasteiger partial charge >= 0.3 is 0 Å². The molecule has 1 amide bonds. The first-order chi connectivity index (χ1) is 13.2. The lowest BCUT2D eigenvalue weighted by Gasteiger charge is -2.31. The Balaban J connectivity index is 1.40. The van der Waals surface area contributed by atoms with E-state index in [0.717, 1.165) is 18.5 Å². The maximum Gasteiger partial charge on any atom is 0.289 e. The number of carbonyl (C=O) groups excluding carboxylic acids is 1. The number of carbonyl (C=O) groups is 1. The van der Waals surface area contributed by atoms with Gasteiger partial charge in [0.05, 0.1) is 18.1 Å². The summed E-state index contributed by atoms with van der Waals surface area (Å²) in [5.41, 5.74) is 0.889. The van der Waals surface area contributed by atoms with Crippen molar-refractivity contribution in [2.45, 2.75) is 18.8 Å². The van der Waals surface area contributed by atoms with Crippen molar-refractivity contribution in [2.75, 3.05) is 13.1 Å². The highest BCUT2D eigenvalue weighted by Crippen LogP contribution is 2.28. The summed E-state index contributed by atoms with van der Waals surface area (Å²) in [5, 5.41) is 0. The number of imidazole rings is 1. The first kappa shape index (κ1) is 17.1. The van der Waals surface area contributed by atoms with E-state index in [0.29, 0.717) is 30.5 Å². The van der Waals surface area contributed by atoms with Gasteiger partial charge in [0.1, 0.15) is 5.75 Å². The number of pyridine rings is 1. The zero-order valence-electron chi connectivity index (χ0n) is 15.0. The topological polar surface area (TPSA) is 86.0 Å². The summed E-state index contributed by atoms with van der Waals surface area (Å²) in [7, 11) is 1.83. The van der Waals surface area contributed by atoms with Crippen LogP contribution >= 0.6 is 0 Å². The Labute approximate surface area is 156 Å². The summed E-state index contributed by atoms with van der Waals surface area (Å²) >= 11 is 0. The Morgan fingerprint density at radius 2 is 2.00 bits per heavy atom. The van der Waals surface area contributed by atoms with Gasteiger partial charge in [-0.3, -0.25) is 14.8 Å². The molecule has 4 heterocycles. The van der Waals surface area contributed by atoms with Crippen LogP contribution in [0.4, 0.5) is 0 Å². The molecule has 0 aliphatic carbocycles. The van der Waals surface area contributed by atoms with Gasteiger partial charge in [-0.15, -0.1) is 0 Å². The van der Waals surface area contributed by atoms with Gasteiger partial charge in [-0.2, -0.15) is 0 Å². The van der Waals surface area contributed by atoms with Crippen molar-refractivity contribution >= 4 is 5.91 Å². The first-order valence-electron chi connectivity index (χ1n) is 8.87. The van der Waals surface area contributed by atoms with Crippen molar-refractivity contribution in [1.82, 2.24) is 29.4 Å². The van der Waals surface area contributed by atoms with Crippen LogP contribution in [0.25, 0.3) is 0 Å². The second kappa shape index (κ2) is 7.53. The number of hydrogen-bond acceptors (Lipinski definition) is 6. The Bertz CT molecular complexity index is 919. The minimum atomic E-state index is -0.0271. The molecule has 138 valence electrons. The lowest BCUT2D eigenvalue weighted by Crippen LogP contribution is -2.39. The first-order valence-corrected chi connectivity index (χ1v) is 8.87. The van der Waals surface area contributed by atoms with Gasteiger partial charge in [-0.05, 0) is 25.0 Å². The molecule has 8 heteroatoms. The van der Waals surface area contributed by atoms with E-state index in [2.05, 4.69) is 19.9 Å². The zero-order chi connectivity index (χ0) is 18.6. The van der Waals surface area contributed by atoms with Crippen LogP contribution in [0.5, 0.6) is 11.6 Å². The van der Waals surface area contributed by atoms with E-state index < -0.39 is 0 Å². The summed E-state index contributed by atoms with van der Waals surface area (Å²) in [6, 6.07) is 3.63. The van der Waals surface area contributed by atoms with E-state index in [4.69, 9.17) is 4.74 Å². The minimum absolute atomic E-state index is 0.0271. The number of aromatic nitrogens is 5. The Kier molecular flexibility index (Phi) is 4.78. The zero-order valence-corrected chi connectivity index (χ0v) is 15.0. The fourth-order valence-electron chi connectivity index (χ4n) is 3.23. The molecule has 8 nitrogen and oxygen atoms in total. The third kappa shape index (κ3) is 3.79. The molecular formula is C19H20N6O2. The minimum Gasteiger partial charge on any atom is -0.436 e. The van der Waals surface area contributed by atoms with E-state index in [1.807, 2.05) is 18.0 Å². The Morgan fingerprint density at radius 1 is 1.15 bits per heavy atom. The normalized spacial score (nSPS) is 14.9. The van der Waals surface area contributed by atoms with Crippen molar-refractivity contribution in [3.63, 3.8) is 0 Å². The average molecular weight is 364 g/mol. The number of amides is 1. The lowest BCUT2D eigenvalue weighted by molar-refractivity contribution is 0.0696. The Morgan fingerprint density at radius 3 is 2.70 bits per heavy atom. The molecular weight excluding hydrogens is 344 g/mol. The molecule has 3 aromatic rings. The number of hydrogen-bond donors (Lipinski definition) is 0. The third-order valence-electron chi connectivity index (χ3n) is 4.70. The van der Waals surface area contributed by atoms with Crippen molar-refractivity contribution in [2.24, 2.45) is 7.05 Å². The summed E-state index contributed by atoms with van der Waals surface area (Å²) in [4.78, 5) is 31.4. The molecule has 0 spiro atoms. The highest BCUT2D eigenvalue weighted by atomic mass is 16.5. The van der Waals surface area contributed by atoms with Gasteiger partial charge in [-0.1, -0.05) is 0 Å². The molecule has 4 rings (SSSR count). The van der Waals surface area contributed by atoms with Crippen LogP contribution in [0.15, 0.2) is 49.3 Å². The van der Waals surface area contributed by atoms with Gasteiger partial charge in [0.15, 0.2) is 5.82 Å². The molecule has 1 saturated heterocycles. The molecule has 1 fully saturated rings. The quantitative estimate of drug-likeness (QED) is 0.707. The van der Waals surface area contributed by atoms with Crippen molar-refractivity contribution in [1.29, 1.82) is 0 Å². The average Bonchev–Trinajstić information content (AvgIpc) is 3.14. The van der Waals surface area contributed by atoms with Crippen LogP contribution in [0.3, 0.4) is 0 Å². The maximum absolute atomic E-state index is 12.6. The summed E-state index contributed by atoms with van der Waals surface area (Å²) < 4.78 is 7.47. The van der Waals surface area contributed by atoms with Crippen molar-refractivity contribution < 1.29 is 9.53 Å². The molecule has 0 saturated carbocycles. The second-order valence-corrected chi connectivity index (χ2v) is 6.50. The van der Waals surface area contributed by atoms with Crippen molar-refractivity contribution in [3.05, 3.63) is 60.8 Å². The summed E-state index contributed by atoms with van der Waals surface area (Å²) in [5.74, 6) is 1.77. The number of ether oxygens (including phenoxy) is 1. The smallest absolute Gasteiger partial charge is 0.289 e. The lowest BCUT2D eigenvalue weighted by atomic mass is 9.93. The summed E-state index contributed by atoms with van der Waals surface area (Å²) in [6.45, 7) is 1.34. The summed E-state index contributed by atoms with van der Waals surface area (Å²) in [6.07, 6.45) is 11.8. The standard InChI is InChI=1S/C19H20N6O2/c1-24-10-7-22-18(24)19(26)25-8-4-14(5-9-25)16-12-21-13-17(23-16)27-15-3-2-6-20-11-15/h2-3,6-7,10-14H,4-5,8-9H2,1H3. The largest absolute Gasteiger partial charge is 0.436 e. The second-order valence-electron chi connectivity index (χ2n) is 6.50. The van der Waals surface area contributed by atoms with Gasteiger partial charge in [0, 0.05) is 50.8 Å². The molecule has 27 heavy (non-hydrogen) atoms. The van der Waals surface area contributed by atoms with E-state index in [1.54, 1.807) is 47.8 Å². The fourth-order valence-corrected chi connectivity index (χ4v) is 3.23. The van der Waals surface area contributed by atoms with E-state index in [1.165, 1.54) is 0 Å². The van der Waals surface area contributed by atoms with Crippen LogP contribution in [0, 0.1) is 0 Å². The fraction of sp³-hybridized carbons (Fsp3) is 0.316. The third-order valence-corrected chi connectivity index (χ3v) is 4.70. The van der Waals surface area contributed by atoms with Crippen LogP contribution < -0.4 is 4.74 Å². The monoisotopic (exact) mass is 364 g/mol. The number of piperidine rings is 1. The van der Waals surface area contributed by atoms with E-state index in [-0.39, 0.29) is 11.8 Å². The SMILES string of the molecule is Cn1ccnc1C(=O)N1CCC(c2cncc(Oc3cccnc3)n2)CC1. The molecule has 0 N–H and O–H groups in total. The molecule has 0 bridgehead atoms. The van der Waals surface area contributed by atoms with Crippen LogP contribution in [-0.4, -0.2) is 48.4 Å². The molecule has 0 atom stereocenters. The number of rotatable bonds is 4. The number of likely N-dealkylation sites (tertiary alicyclic amines) is 1. The van der Waals surface area contributed by atoms with Gasteiger partial charge in [-0.25, -0.2) is 9.97 Å². The van der Waals surface area contributed by atoms with Gasteiger partial charge in [0.2, 0.25) is 5.88 Å². The maximum atomic E-state index is 12.6. The molecule has 1 aliphatic heterocycles. The number of nitrogens with zero attached hydrogens (tertiary/aromatic N) is 6. The molecule has 0 aromatic carbocycles. The predicted molar refractivity (Wildman–Crippen MR) is 97.4 cm³/mol. The molecule has 3 aromatic heterocycles. The van der Waals surface area contributed by atoms with Gasteiger partial charge in [0.25, 0.3) is 5.91 Å². The van der Waals surface area contributed by atoms with E-state index in [9.17, 15) is 4.79 Å². The predicted octanol–water partition coefficient (Wildman–Crippen LogP) is 2.42.